The Morgan fingerprint density at radius 1 is 1.24 bits per heavy atom. The summed E-state index contributed by atoms with van der Waals surface area (Å²) in [5.41, 5.74) is 4.40. The van der Waals surface area contributed by atoms with E-state index in [0.29, 0.717) is 16.7 Å². The Hall–Kier alpha value is -2.53. The number of carbonyl (C=O) groups is 1. The molecule has 25 heavy (non-hydrogen) atoms. The molecule has 0 unspecified atom stereocenters. The lowest BCUT2D eigenvalue weighted by Gasteiger charge is -2.21. The number of benzene rings is 2. The summed E-state index contributed by atoms with van der Waals surface area (Å²) in [5, 5.41) is 10.9. The first-order chi connectivity index (χ1) is 12.0. The summed E-state index contributed by atoms with van der Waals surface area (Å²) in [7, 11) is 1.25. The SMILES string of the molecule is COC(=O)N(O)c1c(COc2ccc(C)cc2C)cccc1C1CC1. The molecular weight excluding hydrogens is 318 g/mol. The smallest absolute Gasteiger partial charge is 0.438 e. The number of ether oxygens (including phenoxy) is 2. The van der Waals surface area contributed by atoms with E-state index in [1.165, 1.54) is 12.7 Å². The van der Waals surface area contributed by atoms with Crippen molar-refractivity contribution < 1.29 is 19.5 Å². The molecule has 0 saturated heterocycles. The molecule has 0 bridgehead atoms. The van der Waals surface area contributed by atoms with Gasteiger partial charge in [0, 0.05) is 5.56 Å². The van der Waals surface area contributed by atoms with E-state index < -0.39 is 6.09 Å². The monoisotopic (exact) mass is 341 g/mol. The summed E-state index contributed by atoms with van der Waals surface area (Å²) in [6.45, 7) is 4.29. The maximum Gasteiger partial charge on any atom is 0.438 e. The highest BCUT2D eigenvalue weighted by Gasteiger charge is 2.31. The molecule has 1 saturated carbocycles. The van der Waals surface area contributed by atoms with Crippen LogP contribution in [-0.4, -0.2) is 18.4 Å². The zero-order valence-corrected chi connectivity index (χ0v) is 14.8. The molecule has 1 fully saturated rings. The van der Waals surface area contributed by atoms with E-state index in [-0.39, 0.29) is 6.61 Å². The first-order valence-electron chi connectivity index (χ1n) is 8.40. The van der Waals surface area contributed by atoms with Gasteiger partial charge in [0.2, 0.25) is 0 Å². The van der Waals surface area contributed by atoms with Gasteiger partial charge in [0.05, 0.1) is 12.8 Å². The van der Waals surface area contributed by atoms with Crippen molar-refractivity contribution in [3.8, 4) is 5.75 Å². The molecule has 132 valence electrons. The fourth-order valence-corrected chi connectivity index (χ4v) is 3.00. The lowest BCUT2D eigenvalue weighted by Crippen LogP contribution is -2.29. The third-order valence-electron chi connectivity index (χ3n) is 4.44. The van der Waals surface area contributed by atoms with Crippen LogP contribution in [0.15, 0.2) is 36.4 Å². The van der Waals surface area contributed by atoms with E-state index >= 15 is 0 Å². The van der Waals surface area contributed by atoms with Crippen LogP contribution in [0.25, 0.3) is 0 Å². The van der Waals surface area contributed by atoms with Gasteiger partial charge in [-0.15, -0.1) is 0 Å². The number of hydrogen-bond donors (Lipinski definition) is 1. The zero-order chi connectivity index (χ0) is 18.0. The Balaban J connectivity index is 1.89. The molecule has 0 heterocycles. The molecule has 5 heteroatoms. The van der Waals surface area contributed by atoms with Crippen molar-refractivity contribution in [3.05, 3.63) is 58.7 Å². The van der Waals surface area contributed by atoms with E-state index in [2.05, 4.69) is 10.8 Å². The molecule has 1 aliphatic rings. The van der Waals surface area contributed by atoms with Crippen LogP contribution < -0.4 is 9.80 Å². The Morgan fingerprint density at radius 3 is 2.64 bits per heavy atom. The molecule has 3 rings (SSSR count). The number of aryl methyl sites for hydroxylation is 2. The summed E-state index contributed by atoms with van der Waals surface area (Å²) in [4.78, 5) is 11.8. The highest BCUT2D eigenvalue weighted by Crippen LogP contribution is 2.45. The topological polar surface area (TPSA) is 59.0 Å². The number of carbonyl (C=O) groups excluding carboxylic acids is 1. The Kier molecular flexibility index (Phi) is 4.95. The summed E-state index contributed by atoms with van der Waals surface area (Å²) >= 11 is 0. The lowest BCUT2D eigenvalue weighted by molar-refractivity contribution is 0.140. The van der Waals surface area contributed by atoms with Crippen LogP contribution in [0.5, 0.6) is 5.75 Å². The second-order valence-corrected chi connectivity index (χ2v) is 6.47. The van der Waals surface area contributed by atoms with Gasteiger partial charge in [-0.1, -0.05) is 35.9 Å². The van der Waals surface area contributed by atoms with Crippen molar-refractivity contribution in [1.82, 2.24) is 0 Å². The number of para-hydroxylation sites is 1. The quantitative estimate of drug-likeness (QED) is 0.631. The van der Waals surface area contributed by atoms with Crippen molar-refractivity contribution >= 4 is 11.8 Å². The van der Waals surface area contributed by atoms with Crippen LogP contribution in [-0.2, 0) is 11.3 Å². The molecule has 1 aliphatic carbocycles. The minimum Gasteiger partial charge on any atom is -0.489 e. The fourth-order valence-electron chi connectivity index (χ4n) is 3.00. The number of hydroxylamine groups is 1. The van der Waals surface area contributed by atoms with Crippen molar-refractivity contribution in [3.63, 3.8) is 0 Å². The number of hydrogen-bond acceptors (Lipinski definition) is 4. The summed E-state index contributed by atoms with van der Waals surface area (Å²) in [6, 6.07) is 11.7. The first kappa shape index (κ1) is 17.3. The van der Waals surface area contributed by atoms with E-state index in [0.717, 1.165) is 35.3 Å². The van der Waals surface area contributed by atoms with Gasteiger partial charge in [0.15, 0.2) is 0 Å². The first-order valence-corrected chi connectivity index (χ1v) is 8.40. The van der Waals surface area contributed by atoms with Gasteiger partial charge >= 0.3 is 6.09 Å². The molecule has 1 N–H and O–H groups in total. The Labute approximate surface area is 147 Å². The molecule has 0 aliphatic heterocycles. The van der Waals surface area contributed by atoms with Crippen molar-refractivity contribution in [1.29, 1.82) is 0 Å². The average Bonchev–Trinajstić information content (AvgIpc) is 3.44. The van der Waals surface area contributed by atoms with E-state index in [4.69, 9.17) is 4.74 Å². The molecule has 0 atom stereocenters. The third-order valence-corrected chi connectivity index (χ3v) is 4.44. The predicted molar refractivity (Wildman–Crippen MR) is 95.3 cm³/mol. The lowest BCUT2D eigenvalue weighted by atomic mass is 10.0. The minimum atomic E-state index is -0.805. The van der Waals surface area contributed by atoms with Gasteiger partial charge in [0.25, 0.3) is 0 Å². The van der Waals surface area contributed by atoms with Gasteiger partial charge in [-0.05, 0) is 49.8 Å². The molecule has 0 spiro atoms. The maximum absolute atomic E-state index is 11.8. The molecule has 0 radical (unpaired) electrons. The normalized spacial score (nSPS) is 13.4. The molecule has 2 aromatic carbocycles. The van der Waals surface area contributed by atoms with E-state index in [1.807, 2.05) is 44.2 Å². The molecule has 1 amide bonds. The van der Waals surface area contributed by atoms with Crippen LogP contribution in [0, 0.1) is 13.8 Å². The van der Waals surface area contributed by atoms with Crippen LogP contribution in [0.1, 0.15) is 41.0 Å². The van der Waals surface area contributed by atoms with Crippen molar-refractivity contribution in [2.45, 2.75) is 39.2 Å². The van der Waals surface area contributed by atoms with E-state index in [9.17, 15) is 10.0 Å². The average molecular weight is 341 g/mol. The summed E-state index contributed by atoms with van der Waals surface area (Å²) in [5.74, 6) is 1.16. The second-order valence-electron chi connectivity index (χ2n) is 6.47. The van der Waals surface area contributed by atoms with Gasteiger partial charge < -0.3 is 9.47 Å². The molecule has 0 aromatic heterocycles. The Morgan fingerprint density at radius 2 is 2.00 bits per heavy atom. The maximum atomic E-state index is 11.8. The van der Waals surface area contributed by atoms with Gasteiger partial charge in [-0.2, -0.15) is 5.06 Å². The number of methoxy groups -OCH3 is 1. The number of anilines is 1. The Bertz CT molecular complexity index is 783. The van der Waals surface area contributed by atoms with E-state index in [1.54, 1.807) is 0 Å². The predicted octanol–water partition coefficient (Wildman–Crippen LogP) is 4.72. The second kappa shape index (κ2) is 7.15. The van der Waals surface area contributed by atoms with Crippen LogP contribution in [0.4, 0.5) is 10.5 Å². The van der Waals surface area contributed by atoms with Gasteiger partial charge in [-0.25, -0.2) is 4.79 Å². The number of amides is 1. The van der Waals surface area contributed by atoms with Crippen LogP contribution in [0.3, 0.4) is 0 Å². The molecular formula is C20H23NO4. The number of nitrogens with zero attached hydrogens (tertiary/aromatic N) is 1. The van der Waals surface area contributed by atoms with Crippen molar-refractivity contribution in [2.24, 2.45) is 0 Å². The van der Waals surface area contributed by atoms with Gasteiger partial charge in [-0.3, -0.25) is 5.21 Å². The minimum absolute atomic E-state index is 0.258. The summed E-state index contributed by atoms with van der Waals surface area (Å²) in [6.07, 6.45) is 1.31. The largest absolute Gasteiger partial charge is 0.489 e. The molecule has 2 aromatic rings. The van der Waals surface area contributed by atoms with Crippen LogP contribution >= 0.6 is 0 Å². The highest BCUT2D eigenvalue weighted by atomic mass is 16.6. The van der Waals surface area contributed by atoms with Crippen molar-refractivity contribution in [2.75, 3.05) is 12.2 Å². The van der Waals surface area contributed by atoms with Gasteiger partial charge in [0.1, 0.15) is 12.4 Å². The van der Waals surface area contributed by atoms with Crippen LogP contribution in [0.2, 0.25) is 0 Å². The molecule has 5 nitrogen and oxygen atoms in total. The third kappa shape index (κ3) is 3.77. The zero-order valence-electron chi connectivity index (χ0n) is 14.8. The summed E-state index contributed by atoms with van der Waals surface area (Å²) < 4.78 is 10.6. The number of rotatable bonds is 5. The fraction of sp³-hybridized carbons (Fsp3) is 0.350. The highest BCUT2D eigenvalue weighted by molar-refractivity contribution is 5.87. The standard InChI is InChI=1S/C20H23NO4/c1-13-7-10-18(14(2)11-13)25-12-16-5-4-6-17(15-8-9-15)19(16)21(23)20(22)24-3/h4-7,10-11,15,23H,8-9,12H2,1-3H3.